The maximum atomic E-state index is 5.09. The molecule has 0 radical (unpaired) electrons. The van der Waals surface area contributed by atoms with E-state index in [1.165, 1.54) is 6.33 Å². The summed E-state index contributed by atoms with van der Waals surface area (Å²) >= 11 is 0. The Morgan fingerprint density at radius 2 is 2.05 bits per heavy atom. The Balaban J connectivity index is 1.69. The van der Waals surface area contributed by atoms with Crippen molar-refractivity contribution in [1.29, 1.82) is 0 Å². The number of nitrogens with one attached hydrogen (secondary N) is 1. The summed E-state index contributed by atoms with van der Waals surface area (Å²) in [6, 6.07) is 11.2. The van der Waals surface area contributed by atoms with Crippen LogP contribution in [0.4, 0.5) is 5.82 Å². The first kappa shape index (κ1) is 12.1. The van der Waals surface area contributed by atoms with Gasteiger partial charge in [0.05, 0.1) is 13.3 Å². The molecule has 0 fully saturated rings. The molecule has 0 unspecified atom stereocenters. The highest BCUT2D eigenvalue weighted by Crippen LogP contribution is 2.10. The molecule has 7 nitrogen and oxygen atoms in total. The number of hydrogen-bond acceptors (Lipinski definition) is 6. The van der Waals surface area contributed by atoms with Crippen LogP contribution in [0, 0.1) is 0 Å². The molecule has 0 aliphatic rings. The fraction of sp³-hybridized carbons (Fsp3) is 0.0769. The summed E-state index contributed by atoms with van der Waals surface area (Å²) < 4.78 is 6.67. The van der Waals surface area contributed by atoms with Crippen molar-refractivity contribution >= 4 is 17.7 Å². The summed E-state index contributed by atoms with van der Waals surface area (Å²) in [7, 11) is 1.64. The van der Waals surface area contributed by atoms with Crippen LogP contribution < -0.4 is 10.2 Å². The lowest BCUT2D eigenvalue weighted by Gasteiger charge is -2.00. The maximum Gasteiger partial charge on any atom is 0.177 e. The smallest absolute Gasteiger partial charge is 0.177 e. The van der Waals surface area contributed by atoms with Crippen molar-refractivity contribution in [3.8, 4) is 5.75 Å². The van der Waals surface area contributed by atoms with Crippen molar-refractivity contribution < 1.29 is 4.74 Å². The molecular formula is C13H12N6O. The van der Waals surface area contributed by atoms with Gasteiger partial charge in [0.15, 0.2) is 11.5 Å². The monoisotopic (exact) mass is 268 g/mol. The number of aromatic nitrogens is 4. The highest BCUT2D eigenvalue weighted by Gasteiger charge is 1.97. The van der Waals surface area contributed by atoms with Gasteiger partial charge in [-0.1, -0.05) is 0 Å². The van der Waals surface area contributed by atoms with Crippen molar-refractivity contribution in [2.75, 3.05) is 12.5 Å². The van der Waals surface area contributed by atoms with E-state index in [0.29, 0.717) is 11.5 Å². The number of benzene rings is 1. The topological polar surface area (TPSA) is 76.7 Å². The second kappa shape index (κ2) is 5.35. The Hall–Kier alpha value is -2.96. The summed E-state index contributed by atoms with van der Waals surface area (Å²) in [6.07, 6.45) is 3.24. The van der Waals surface area contributed by atoms with Gasteiger partial charge in [-0.2, -0.15) is 9.62 Å². The summed E-state index contributed by atoms with van der Waals surface area (Å²) in [6.45, 7) is 0. The standard InChI is InChI=1S/C13H12N6O/c1-20-11-4-2-10(3-5-11)8-14-16-12-6-7-13-17-15-9-19(13)18-12/h2-9H,1H3,(H,16,18)/b14-8+. The molecular weight excluding hydrogens is 256 g/mol. The minimum Gasteiger partial charge on any atom is -0.497 e. The van der Waals surface area contributed by atoms with Gasteiger partial charge in [0, 0.05) is 0 Å². The molecule has 0 atom stereocenters. The number of hydrazone groups is 1. The van der Waals surface area contributed by atoms with Gasteiger partial charge in [-0.25, -0.2) is 0 Å². The Kier molecular flexibility index (Phi) is 3.24. The van der Waals surface area contributed by atoms with E-state index >= 15 is 0 Å². The zero-order valence-electron chi connectivity index (χ0n) is 10.8. The molecule has 1 N–H and O–H groups in total. The lowest BCUT2D eigenvalue weighted by molar-refractivity contribution is 0.415. The SMILES string of the molecule is COc1ccc(/C=N/Nc2ccc3nncn3n2)cc1. The van der Waals surface area contributed by atoms with E-state index in [0.717, 1.165) is 11.3 Å². The molecule has 20 heavy (non-hydrogen) atoms. The Morgan fingerprint density at radius 1 is 1.20 bits per heavy atom. The number of hydrogen-bond donors (Lipinski definition) is 1. The molecule has 0 aliphatic carbocycles. The molecule has 100 valence electrons. The third kappa shape index (κ3) is 2.56. The molecule has 0 saturated heterocycles. The number of fused-ring (bicyclic) bond motifs is 1. The van der Waals surface area contributed by atoms with E-state index in [-0.39, 0.29) is 0 Å². The van der Waals surface area contributed by atoms with E-state index in [2.05, 4.69) is 25.8 Å². The van der Waals surface area contributed by atoms with Crippen LogP contribution in [0.15, 0.2) is 47.8 Å². The number of nitrogens with zero attached hydrogens (tertiary/aromatic N) is 5. The largest absolute Gasteiger partial charge is 0.497 e. The third-order valence-electron chi connectivity index (χ3n) is 2.67. The summed E-state index contributed by atoms with van der Waals surface area (Å²) in [5, 5.41) is 16.0. The van der Waals surface area contributed by atoms with Crippen LogP contribution in [0.5, 0.6) is 5.75 Å². The predicted octanol–water partition coefficient (Wildman–Crippen LogP) is 1.58. The first-order chi connectivity index (χ1) is 9.85. The number of anilines is 1. The molecule has 0 spiro atoms. The van der Waals surface area contributed by atoms with Crippen LogP contribution in [0.1, 0.15) is 5.56 Å². The van der Waals surface area contributed by atoms with E-state index in [1.807, 2.05) is 30.3 Å². The van der Waals surface area contributed by atoms with Gasteiger partial charge in [0.1, 0.15) is 12.1 Å². The van der Waals surface area contributed by atoms with Crippen molar-refractivity contribution in [2.45, 2.75) is 0 Å². The van der Waals surface area contributed by atoms with E-state index in [9.17, 15) is 0 Å². The third-order valence-corrected chi connectivity index (χ3v) is 2.67. The van der Waals surface area contributed by atoms with Gasteiger partial charge in [-0.05, 0) is 42.0 Å². The van der Waals surface area contributed by atoms with Crippen molar-refractivity contribution in [3.05, 3.63) is 48.3 Å². The number of rotatable bonds is 4. The first-order valence-electron chi connectivity index (χ1n) is 5.95. The molecule has 3 aromatic rings. The van der Waals surface area contributed by atoms with Crippen LogP contribution in [0.25, 0.3) is 5.65 Å². The van der Waals surface area contributed by atoms with Gasteiger partial charge < -0.3 is 4.74 Å². The summed E-state index contributed by atoms with van der Waals surface area (Å²) in [5.41, 5.74) is 4.51. The lowest BCUT2D eigenvalue weighted by Crippen LogP contribution is -1.98. The molecule has 2 heterocycles. The first-order valence-corrected chi connectivity index (χ1v) is 5.95. The Bertz CT molecular complexity index is 734. The van der Waals surface area contributed by atoms with Crippen LogP contribution in [0.2, 0.25) is 0 Å². The van der Waals surface area contributed by atoms with Crippen LogP contribution in [0.3, 0.4) is 0 Å². The highest BCUT2D eigenvalue weighted by molar-refractivity contribution is 5.80. The Labute approximate surface area is 114 Å². The van der Waals surface area contributed by atoms with Gasteiger partial charge in [-0.3, -0.25) is 5.43 Å². The summed E-state index contributed by atoms with van der Waals surface area (Å²) in [4.78, 5) is 0. The second-order valence-electron chi connectivity index (χ2n) is 4.00. The molecule has 0 bridgehead atoms. The molecule has 3 rings (SSSR count). The van der Waals surface area contributed by atoms with Crippen LogP contribution >= 0.6 is 0 Å². The average molecular weight is 268 g/mol. The van der Waals surface area contributed by atoms with Crippen LogP contribution in [-0.2, 0) is 0 Å². The van der Waals surface area contributed by atoms with E-state index < -0.39 is 0 Å². The number of methoxy groups -OCH3 is 1. The fourth-order valence-corrected chi connectivity index (χ4v) is 1.65. The zero-order chi connectivity index (χ0) is 13.8. The van der Waals surface area contributed by atoms with Crippen molar-refractivity contribution in [2.24, 2.45) is 5.10 Å². The molecule has 0 saturated carbocycles. The minimum absolute atomic E-state index is 0.613. The quantitative estimate of drug-likeness (QED) is 0.574. The van der Waals surface area contributed by atoms with Crippen molar-refractivity contribution in [3.63, 3.8) is 0 Å². The average Bonchev–Trinajstić information content (AvgIpc) is 2.95. The molecule has 0 aliphatic heterocycles. The highest BCUT2D eigenvalue weighted by atomic mass is 16.5. The van der Waals surface area contributed by atoms with Gasteiger partial charge in [-0.15, -0.1) is 15.3 Å². The Morgan fingerprint density at radius 3 is 2.85 bits per heavy atom. The molecule has 0 amide bonds. The maximum absolute atomic E-state index is 5.09. The normalized spacial score (nSPS) is 11.1. The number of ether oxygens (including phenoxy) is 1. The van der Waals surface area contributed by atoms with E-state index in [4.69, 9.17) is 4.74 Å². The summed E-state index contributed by atoms with van der Waals surface area (Å²) in [5.74, 6) is 1.43. The van der Waals surface area contributed by atoms with Gasteiger partial charge >= 0.3 is 0 Å². The van der Waals surface area contributed by atoms with Crippen molar-refractivity contribution in [1.82, 2.24) is 19.8 Å². The molecule has 2 aromatic heterocycles. The second-order valence-corrected chi connectivity index (χ2v) is 4.00. The van der Waals surface area contributed by atoms with E-state index in [1.54, 1.807) is 23.9 Å². The molecule has 1 aromatic carbocycles. The predicted molar refractivity (Wildman–Crippen MR) is 75.0 cm³/mol. The van der Waals surface area contributed by atoms with Gasteiger partial charge in [0.2, 0.25) is 0 Å². The molecule has 7 heteroatoms. The lowest BCUT2D eigenvalue weighted by atomic mass is 10.2. The zero-order valence-corrected chi connectivity index (χ0v) is 10.8. The minimum atomic E-state index is 0.613. The fourth-order valence-electron chi connectivity index (χ4n) is 1.65. The van der Waals surface area contributed by atoms with Crippen LogP contribution in [-0.4, -0.2) is 33.1 Å². The van der Waals surface area contributed by atoms with Gasteiger partial charge in [0.25, 0.3) is 0 Å².